The van der Waals surface area contributed by atoms with Gasteiger partial charge >= 0.3 is 5.97 Å². The summed E-state index contributed by atoms with van der Waals surface area (Å²) in [5.74, 6) is 2.04. The minimum absolute atomic E-state index is 0.322. The van der Waals surface area contributed by atoms with E-state index in [0.29, 0.717) is 25.5 Å². The number of aliphatic carboxylic acids is 1. The molecule has 0 radical (unpaired) electrons. The third-order valence-corrected chi connectivity index (χ3v) is 6.74. The molecular weight excluding hydrogens is 466 g/mol. The van der Waals surface area contributed by atoms with Crippen molar-refractivity contribution in [3.63, 3.8) is 0 Å². The van der Waals surface area contributed by atoms with Crippen LogP contribution in [0.25, 0.3) is 21.5 Å². The van der Waals surface area contributed by atoms with Crippen LogP contribution in [-0.2, 0) is 22.4 Å². The van der Waals surface area contributed by atoms with Crippen molar-refractivity contribution < 1.29 is 28.5 Å². The van der Waals surface area contributed by atoms with Crippen LogP contribution in [0, 0.1) is 6.92 Å². The van der Waals surface area contributed by atoms with Gasteiger partial charge in [-0.25, -0.2) is 9.78 Å². The number of carboxylic acid groups (broad SMARTS) is 1. The van der Waals surface area contributed by atoms with Crippen LogP contribution in [0.5, 0.6) is 11.5 Å². The number of carboxylic acids is 1. The summed E-state index contributed by atoms with van der Waals surface area (Å²) in [6, 6.07) is 13.5. The summed E-state index contributed by atoms with van der Waals surface area (Å²) in [6.07, 6.45) is 0.993. The van der Waals surface area contributed by atoms with Crippen LogP contribution >= 0.6 is 11.3 Å². The van der Waals surface area contributed by atoms with Crippen LogP contribution in [0.4, 0.5) is 0 Å². The molecular formula is C27H29NO6S. The molecule has 0 aliphatic carbocycles. The molecule has 0 aliphatic rings. The van der Waals surface area contributed by atoms with Crippen molar-refractivity contribution in [1.82, 2.24) is 4.98 Å². The zero-order chi connectivity index (χ0) is 24.8. The summed E-state index contributed by atoms with van der Waals surface area (Å²) in [6.45, 7) is 4.62. The molecule has 2 aromatic carbocycles. The molecule has 2 aromatic heterocycles. The van der Waals surface area contributed by atoms with Gasteiger partial charge in [-0.2, -0.15) is 0 Å². The van der Waals surface area contributed by atoms with Crippen molar-refractivity contribution in [3.8, 4) is 23.0 Å². The number of fused-ring (bicyclic) bond motifs is 1. The van der Waals surface area contributed by atoms with Gasteiger partial charge in [-0.15, -0.1) is 11.3 Å². The van der Waals surface area contributed by atoms with Crippen LogP contribution < -0.4 is 9.47 Å². The van der Waals surface area contributed by atoms with Gasteiger partial charge in [0.05, 0.1) is 19.4 Å². The highest BCUT2D eigenvalue weighted by Crippen LogP contribution is 2.34. The second-order valence-electron chi connectivity index (χ2n) is 8.07. The maximum atomic E-state index is 11.5. The molecule has 0 saturated carbocycles. The summed E-state index contributed by atoms with van der Waals surface area (Å²) in [4.78, 5) is 16.2. The highest BCUT2D eigenvalue weighted by atomic mass is 32.1. The molecule has 8 heteroatoms. The Hall–Kier alpha value is -3.36. The summed E-state index contributed by atoms with van der Waals surface area (Å²) in [7, 11) is 1.64. The summed E-state index contributed by atoms with van der Waals surface area (Å²) < 4.78 is 23.6. The number of carbonyl (C=O) groups is 1. The van der Waals surface area contributed by atoms with Crippen molar-refractivity contribution in [1.29, 1.82) is 0 Å². The topological polar surface area (TPSA) is 91.0 Å². The lowest BCUT2D eigenvalue weighted by molar-refractivity contribution is -0.149. The maximum Gasteiger partial charge on any atom is 0.333 e. The monoisotopic (exact) mass is 495 g/mol. The molecule has 0 fully saturated rings. The second-order valence-corrected chi connectivity index (χ2v) is 8.99. The molecule has 0 amide bonds. The van der Waals surface area contributed by atoms with Crippen LogP contribution in [0.1, 0.15) is 30.4 Å². The van der Waals surface area contributed by atoms with Gasteiger partial charge in [0.2, 0.25) is 5.89 Å². The molecule has 1 N–H and O–H groups in total. The van der Waals surface area contributed by atoms with Crippen LogP contribution in [0.15, 0.2) is 52.3 Å². The molecule has 1 atom stereocenters. The lowest BCUT2D eigenvalue weighted by atomic mass is 10.1. The third kappa shape index (κ3) is 5.83. The number of oxazole rings is 1. The number of hydrogen-bond donors (Lipinski definition) is 1. The number of benzene rings is 2. The Labute approximate surface area is 208 Å². The number of thiophene rings is 1. The molecule has 0 saturated heterocycles. The Kier molecular flexibility index (Phi) is 8.05. The number of aryl methyl sites for hydroxylation is 2. The fourth-order valence-corrected chi connectivity index (χ4v) is 4.88. The first kappa shape index (κ1) is 24.8. The van der Waals surface area contributed by atoms with Crippen LogP contribution in [0.3, 0.4) is 0 Å². The van der Waals surface area contributed by atoms with Gasteiger partial charge in [0.25, 0.3) is 0 Å². The van der Waals surface area contributed by atoms with Crippen LogP contribution in [-0.4, -0.2) is 42.5 Å². The van der Waals surface area contributed by atoms with Crippen LogP contribution in [0.2, 0.25) is 0 Å². The molecule has 1 unspecified atom stereocenters. The highest BCUT2D eigenvalue weighted by molar-refractivity contribution is 7.17. The Morgan fingerprint density at radius 2 is 1.97 bits per heavy atom. The third-order valence-electron chi connectivity index (χ3n) is 5.75. The Bertz CT molecular complexity index is 1280. The SMILES string of the molecule is CCOC(Cc1ccc(OCCCc2nc(-c3ccc(OC)cc3)oc2C)c2ccsc12)C(=O)O. The number of hydrogen-bond acceptors (Lipinski definition) is 7. The molecule has 0 bridgehead atoms. The predicted molar refractivity (Wildman–Crippen MR) is 136 cm³/mol. The van der Waals surface area contributed by atoms with E-state index >= 15 is 0 Å². The zero-order valence-corrected chi connectivity index (χ0v) is 20.9. The van der Waals surface area contributed by atoms with Crippen molar-refractivity contribution >= 4 is 27.4 Å². The minimum atomic E-state index is -0.949. The fourth-order valence-electron chi connectivity index (χ4n) is 3.94. The number of nitrogens with zero attached hydrogens (tertiary/aromatic N) is 1. The van der Waals surface area contributed by atoms with Gasteiger partial charge in [0.15, 0.2) is 6.10 Å². The molecule has 0 aliphatic heterocycles. The highest BCUT2D eigenvalue weighted by Gasteiger charge is 2.20. The molecule has 184 valence electrons. The quantitative estimate of drug-likeness (QED) is 0.244. The fraction of sp³-hybridized carbons (Fsp3) is 0.333. The summed E-state index contributed by atoms with van der Waals surface area (Å²) in [5.41, 5.74) is 2.78. The standard InChI is InChI=1S/C27H29NO6S/c1-4-32-24(27(29)30)16-19-9-12-23(21-13-15-35-25(19)21)33-14-5-6-22-17(2)34-26(28-22)18-7-10-20(31-3)11-8-18/h7-13,15,24H,4-6,14,16H2,1-3H3,(H,29,30). The van der Waals surface area contributed by atoms with Gasteiger partial charge in [-0.3, -0.25) is 0 Å². The van der Waals surface area contributed by atoms with Gasteiger partial charge < -0.3 is 23.7 Å². The molecule has 4 rings (SSSR count). The average molecular weight is 496 g/mol. The van der Waals surface area contributed by atoms with E-state index in [2.05, 4.69) is 4.98 Å². The van der Waals surface area contributed by atoms with Gasteiger partial charge in [-0.05, 0) is 74.0 Å². The average Bonchev–Trinajstić information content (AvgIpc) is 3.50. The lowest BCUT2D eigenvalue weighted by Gasteiger charge is -2.14. The summed E-state index contributed by atoms with van der Waals surface area (Å²) in [5, 5.41) is 12.4. The van der Waals surface area contributed by atoms with Gasteiger partial charge in [0.1, 0.15) is 17.3 Å². The first-order valence-electron chi connectivity index (χ1n) is 11.6. The van der Waals surface area contributed by atoms with Crippen molar-refractivity contribution in [2.75, 3.05) is 20.3 Å². The Morgan fingerprint density at radius 3 is 2.69 bits per heavy atom. The number of rotatable bonds is 12. The Balaban J connectivity index is 1.37. The van der Waals surface area contributed by atoms with E-state index in [1.807, 2.05) is 54.8 Å². The zero-order valence-electron chi connectivity index (χ0n) is 20.1. The lowest BCUT2D eigenvalue weighted by Crippen LogP contribution is -2.26. The predicted octanol–water partition coefficient (Wildman–Crippen LogP) is 5.92. The van der Waals surface area contributed by atoms with E-state index in [0.717, 1.165) is 57.0 Å². The van der Waals surface area contributed by atoms with E-state index in [4.69, 9.17) is 18.6 Å². The van der Waals surface area contributed by atoms with E-state index in [9.17, 15) is 9.90 Å². The Morgan fingerprint density at radius 1 is 1.17 bits per heavy atom. The second kappa shape index (κ2) is 11.4. The van der Waals surface area contributed by atoms with Crippen molar-refractivity contribution in [2.45, 2.75) is 39.2 Å². The molecule has 4 aromatic rings. The smallest absolute Gasteiger partial charge is 0.333 e. The number of methoxy groups -OCH3 is 1. The van der Waals surface area contributed by atoms with E-state index in [1.165, 1.54) is 0 Å². The van der Waals surface area contributed by atoms with Crippen molar-refractivity contribution in [3.05, 3.63) is 64.9 Å². The minimum Gasteiger partial charge on any atom is -0.497 e. The first-order chi connectivity index (χ1) is 17.0. The first-order valence-corrected chi connectivity index (χ1v) is 12.4. The molecule has 7 nitrogen and oxygen atoms in total. The largest absolute Gasteiger partial charge is 0.497 e. The van der Waals surface area contributed by atoms with E-state index in [1.54, 1.807) is 25.4 Å². The van der Waals surface area contributed by atoms with Gasteiger partial charge in [0, 0.05) is 28.7 Å². The van der Waals surface area contributed by atoms with E-state index in [-0.39, 0.29) is 0 Å². The summed E-state index contributed by atoms with van der Waals surface area (Å²) >= 11 is 1.58. The number of aromatic nitrogens is 1. The number of ether oxygens (including phenoxy) is 3. The maximum absolute atomic E-state index is 11.5. The molecule has 0 spiro atoms. The van der Waals surface area contributed by atoms with E-state index < -0.39 is 12.1 Å². The molecule has 35 heavy (non-hydrogen) atoms. The van der Waals surface area contributed by atoms with Gasteiger partial charge in [-0.1, -0.05) is 6.07 Å². The molecule has 2 heterocycles. The van der Waals surface area contributed by atoms with Crippen molar-refractivity contribution in [2.24, 2.45) is 0 Å². The normalized spacial score (nSPS) is 12.1.